The van der Waals surface area contributed by atoms with Gasteiger partial charge in [-0.05, 0) is 12.1 Å². The number of nitrogens with two attached hydrogens (primary N) is 1. The van der Waals surface area contributed by atoms with Crippen molar-refractivity contribution in [3.8, 4) is 0 Å². The first kappa shape index (κ1) is 9.04. The standard InChI is InChI=1S/C12H16N2O/c13-11-3-1-2-4-12(11)14-5-9-7-15-8-10(9)6-14/h1-4,9-10H,5-8,13H2/t9-,10-/m0/s1. The summed E-state index contributed by atoms with van der Waals surface area (Å²) in [7, 11) is 0. The van der Waals surface area contributed by atoms with Gasteiger partial charge >= 0.3 is 0 Å². The summed E-state index contributed by atoms with van der Waals surface area (Å²) in [5, 5.41) is 0. The predicted molar refractivity (Wildman–Crippen MR) is 60.9 cm³/mol. The molecular weight excluding hydrogens is 188 g/mol. The van der Waals surface area contributed by atoms with E-state index in [1.807, 2.05) is 12.1 Å². The minimum Gasteiger partial charge on any atom is -0.397 e. The van der Waals surface area contributed by atoms with Crippen LogP contribution in [-0.2, 0) is 4.74 Å². The van der Waals surface area contributed by atoms with Crippen LogP contribution in [0.15, 0.2) is 24.3 Å². The molecule has 0 unspecified atom stereocenters. The summed E-state index contributed by atoms with van der Waals surface area (Å²) in [5.41, 5.74) is 8.05. The van der Waals surface area contributed by atoms with Crippen molar-refractivity contribution in [3.63, 3.8) is 0 Å². The number of rotatable bonds is 1. The normalized spacial score (nSPS) is 29.5. The van der Waals surface area contributed by atoms with Crippen LogP contribution in [0, 0.1) is 11.8 Å². The van der Waals surface area contributed by atoms with E-state index in [2.05, 4.69) is 17.0 Å². The summed E-state index contributed by atoms with van der Waals surface area (Å²) in [6.07, 6.45) is 0. The fourth-order valence-corrected chi connectivity index (χ4v) is 2.66. The Morgan fingerprint density at radius 2 is 1.80 bits per heavy atom. The number of fused-ring (bicyclic) bond motifs is 1. The number of hydrogen-bond acceptors (Lipinski definition) is 3. The van der Waals surface area contributed by atoms with Crippen LogP contribution in [0.4, 0.5) is 11.4 Å². The Labute approximate surface area is 89.8 Å². The van der Waals surface area contributed by atoms with Crippen molar-refractivity contribution < 1.29 is 4.74 Å². The first-order valence-corrected chi connectivity index (χ1v) is 5.52. The van der Waals surface area contributed by atoms with Crippen molar-refractivity contribution >= 4 is 11.4 Å². The van der Waals surface area contributed by atoms with Gasteiger partial charge in [-0.2, -0.15) is 0 Å². The number of nitrogens with zero attached hydrogens (tertiary/aromatic N) is 1. The summed E-state index contributed by atoms with van der Waals surface area (Å²) in [6, 6.07) is 8.12. The molecule has 3 rings (SSSR count). The van der Waals surface area contributed by atoms with E-state index >= 15 is 0 Å². The van der Waals surface area contributed by atoms with E-state index < -0.39 is 0 Å². The molecule has 2 saturated heterocycles. The Hall–Kier alpha value is -1.22. The Balaban J connectivity index is 1.82. The highest BCUT2D eigenvalue weighted by molar-refractivity contribution is 5.67. The average molecular weight is 204 g/mol. The second-order valence-corrected chi connectivity index (χ2v) is 4.52. The van der Waals surface area contributed by atoms with Gasteiger partial charge in [0.2, 0.25) is 0 Å². The number of benzene rings is 1. The smallest absolute Gasteiger partial charge is 0.0600 e. The van der Waals surface area contributed by atoms with E-state index in [1.54, 1.807) is 0 Å². The van der Waals surface area contributed by atoms with Crippen molar-refractivity contribution in [2.45, 2.75) is 0 Å². The molecule has 0 saturated carbocycles. The molecule has 3 heteroatoms. The minimum absolute atomic E-state index is 0.713. The van der Waals surface area contributed by atoms with Crippen molar-refractivity contribution in [2.24, 2.45) is 11.8 Å². The minimum atomic E-state index is 0.713. The summed E-state index contributed by atoms with van der Waals surface area (Å²) in [5.74, 6) is 1.43. The van der Waals surface area contributed by atoms with Gasteiger partial charge in [0, 0.05) is 24.9 Å². The van der Waals surface area contributed by atoms with E-state index in [1.165, 1.54) is 5.69 Å². The molecule has 2 aliphatic heterocycles. The predicted octanol–water partition coefficient (Wildman–Crippen LogP) is 1.35. The van der Waals surface area contributed by atoms with E-state index in [9.17, 15) is 0 Å². The lowest BCUT2D eigenvalue weighted by Crippen LogP contribution is -2.23. The van der Waals surface area contributed by atoms with Crippen molar-refractivity contribution in [3.05, 3.63) is 24.3 Å². The van der Waals surface area contributed by atoms with Crippen LogP contribution in [0.5, 0.6) is 0 Å². The zero-order valence-corrected chi connectivity index (χ0v) is 8.73. The molecule has 3 nitrogen and oxygen atoms in total. The Bertz CT molecular complexity index is 354. The first-order valence-electron chi connectivity index (χ1n) is 5.52. The molecule has 2 N–H and O–H groups in total. The summed E-state index contributed by atoms with van der Waals surface area (Å²) < 4.78 is 5.47. The maximum Gasteiger partial charge on any atom is 0.0600 e. The first-order chi connectivity index (χ1) is 7.34. The van der Waals surface area contributed by atoms with Gasteiger partial charge in [0.05, 0.1) is 24.6 Å². The molecule has 2 heterocycles. The van der Waals surface area contributed by atoms with Gasteiger partial charge in [0.1, 0.15) is 0 Å². The van der Waals surface area contributed by atoms with Gasteiger partial charge < -0.3 is 15.4 Å². The molecular formula is C12H16N2O. The third-order valence-corrected chi connectivity index (χ3v) is 3.52. The van der Waals surface area contributed by atoms with Crippen LogP contribution >= 0.6 is 0 Å². The lowest BCUT2D eigenvalue weighted by molar-refractivity contribution is 0.177. The summed E-state index contributed by atoms with van der Waals surface area (Å²) in [4.78, 5) is 2.40. The SMILES string of the molecule is Nc1ccccc1N1C[C@H]2COC[C@@H]2C1. The quantitative estimate of drug-likeness (QED) is 0.702. The summed E-state index contributed by atoms with van der Waals surface area (Å²) >= 11 is 0. The van der Waals surface area contributed by atoms with E-state index in [-0.39, 0.29) is 0 Å². The Morgan fingerprint density at radius 1 is 1.13 bits per heavy atom. The van der Waals surface area contributed by atoms with Gasteiger partial charge in [-0.1, -0.05) is 12.1 Å². The monoisotopic (exact) mass is 204 g/mol. The highest BCUT2D eigenvalue weighted by Crippen LogP contribution is 2.34. The van der Waals surface area contributed by atoms with Crippen molar-refractivity contribution in [1.82, 2.24) is 0 Å². The molecule has 0 spiro atoms. The molecule has 0 aromatic heterocycles. The van der Waals surface area contributed by atoms with E-state index in [4.69, 9.17) is 10.5 Å². The molecule has 2 fully saturated rings. The molecule has 1 aromatic rings. The van der Waals surface area contributed by atoms with Crippen LogP contribution in [0.25, 0.3) is 0 Å². The Morgan fingerprint density at radius 3 is 2.47 bits per heavy atom. The number of nitrogen functional groups attached to an aromatic ring is 1. The fourth-order valence-electron chi connectivity index (χ4n) is 2.66. The van der Waals surface area contributed by atoms with Crippen LogP contribution in [0.2, 0.25) is 0 Å². The molecule has 0 bridgehead atoms. The van der Waals surface area contributed by atoms with E-state index in [0.717, 1.165) is 32.0 Å². The third kappa shape index (κ3) is 1.47. The van der Waals surface area contributed by atoms with Gasteiger partial charge in [-0.15, -0.1) is 0 Å². The van der Waals surface area contributed by atoms with Gasteiger partial charge in [-0.3, -0.25) is 0 Å². The lowest BCUT2D eigenvalue weighted by Gasteiger charge is -2.21. The second kappa shape index (κ2) is 3.42. The Kier molecular flexibility index (Phi) is 2.06. The van der Waals surface area contributed by atoms with Gasteiger partial charge in [-0.25, -0.2) is 0 Å². The molecule has 2 aliphatic rings. The van der Waals surface area contributed by atoms with Crippen LogP contribution in [0.3, 0.4) is 0 Å². The lowest BCUT2D eigenvalue weighted by atomic mass is 10.0. The van der Waals surface area contributed by atoms with Crippen LogP contribution in [-0.4, -0.2) is 26.3 Å². The fraction of sp³-hybridized carbons (Fsp3) is 0.500. The molecule has 80 valence electrons. The zero-order chi connectivity index (χ0) is 10.3. The molecule has 15 heavy (non-hydrogen) atoms. The van der Waals surface area contributed by atoms with Gasteiger partial charge in [0.15, 0.2) is 0 Å². The van der Waals surface area contributed by atoms with Crippen LogP contribution < -0.4 is 10.6 Å². The molecule has 2 atom stereocenters. The molecule has 0 amide bonds. The topological polar surface area (TPSA) is 38.5 Å². The molecule has 0 aliphatic carbocycles. The molecule has 1 aromatic carbocycles. The largest absolute Gasteiger partial charge is 0.397 e. The number of anilines is 2. The van der Waals surface area contributed by atoms with E-state index in [0.29, 0.717) is 11.8 Å². The maximum absolute atomic E-state index is 5.98. The average Bonchev–Trinajstić information content (AvgIpc) is 2.77. The van der Waals surface area contributed by atoms with Crippen molar-refractivity contribution in [1.29, 1.82) is 0 Å². The van der Waals surface area contributed by atoms with Gasteiger partial charge in [0.25, 0.3) is 0 Å². The molecule has 0 radical (unpaired) electrons. The highest BCUT2D eigenvalue weighted by atomic mass is 16.5. The zero-order valence-electron chi connectivity index (χ0n) is 8.73. The number of ether oxygens (including phenoxy) is 1. The number of hydrogen-bond donors (Lipinski definition) is 1. The highest BCUT2D eigenvalue weighted by Gasteiger charge is 2.37. The van der Waals surface area contributed by atoms with Crippen molar-refractivity contribution in [2.75, 3.05) is 36.9 Å². The second-order valence-electron chi connectivity index (χ2n) is 4.52. The number of para-hydroxylation sites is 2. The maximum atomic E-state index is 5.98. The third-order valence-electron chi connectivity index (χ3n) is 3.52. The van der Waals surface area contributed by atoms with Crippen LogP contribution in [0.1, 0.15) is 0 Å². The summed E-state index contributed by atoms with van der Waals surface area (Å²) in [6.45, 7) is 4.04.